The van der Waals surface area contributed by atoms with Crippen LogP contribution < -0.4 is 16.0 Å². The number of alkyl halides is 2. The molecule has 5 heteroatoms. The largest absolute Gasteiger partial charge is 0.384 e. The molecular formula is C13H21Cl2N3. The highest BCUT2D eigenvalue weighted by Gasteiger charge is 2.05. The molecule has 0 amide bonds. The van der Waals surface area contributed by atoms with Crippen LogP contribution in [0, 0.1) is 0 Å². The lowest BCUT2D eigenvalue weighted by Gasteiger charge is -2.11. The van der Waals surface area contributed by atoms with E-state index >= 15 is 0 Å². The summed E-state index contributed by atoms with van der Waals surface area (Å²) in [5, 5.41) is 9.94. The lowest BCUT2D eigenvalue weighted by molar-refractivity contribution is 0.534. The molecule has 0 aliphatic carbocycles. The maximum Gasteiger partial charge on any atom is 0.0967 e. The minimum Gasteiger partial charge on any atom is -0.384 e. The van der Waals surface area contributed by atoms with Gasteiger partial charge in [-0.2, -0.15) is 0 Å². The van der Waals surface area contributed by atoms with Gasteiger partial charge >= 0.3 is 0 Å². The zero-order valence-corrected chi connectivity index (χ0v) is 12.0. The van der Waals surface area contributed by atoms with Crippen molar-refractivity contribution in [2.24, 2.45) is 0 Å². The van der Waals surface area contributed by atoms with Crippen LogP contribution in [0.1, 0.15) is 5.56 Å². The van der Waals surface area contributed by atoms with E-state index in [0.717, 1.165) is 32.7 Å². The zero-order valence-electron chi connectivity index (χ0n) is 10.5. The van der Waals surface area contributed by atoms with E-state index < -0.39 is 0 Å². The van der Waals surface area contributed by atoms with Gasteiger partial charge in [-0.15, -0.1) is 23.2 Å². The van der Waals surface area contributed by atoms with Crippen LogP contribution in [0.25, 0.3) is 0 Å². The average Bonchev–Trinajstić information content (AvgIpc) is 2.91. The van der Waals surface area contributed by atoms with Gasteiger partial charge in [0.25, 0.3) is 0 Å². The highest BCUT2D eigenvalue weighted by atomic mass is 35.5. The summed E-state index contributed by atoms with van der Waals surface area (Å²) in [5.41, 5.74) is 2.77. The van der Waals surface area contributed by atoms with E-state index in [1.165, 1.54) is 17.7 Å². The van der Waals surface area contributed by atoms with Crippen molar-refractivity contribution in [3.05, 3.63) is 29.8 Å². The normalized spacial score (nSPS) is 16.3. The number of anilines is 1. The Morgan fingerprint density at radius 2 is 1.44 bits per heavy atom. The van der Waals surface area contributed by atoms with Crippen LogP contribution in [-0.4, -0.2) is 38.1 Å². The summed E-state index contributed by atoms with van der Waals surface area (Å²) in [6, 6.07) is 8.46. The van der Waals surface area contributed by atoms with Gasteiger partial charge in [0.05, 0.1) is 5.34 Å². The quantitative estimate of drug-likeness (QED) is 0.641. The first-order valence-corrected chi connectivity index (χ1v) is 7.30. The van der Waals surface area contributed by atoms with Crippen molar-refractivity contribution in [2.75, 3.05) is 43.4 Å². The van der Waals surface area contributed by atoms with Gasteiger partial charge in [0.2, 0.25) is 0 Å². The van der Waals surface area contributed by atoms with Crippen molar-refractivity contribution in [1.29, 1.82) is 0 Å². The molecule has 0 bridgehead atoms. The second-order valence-corrected chi connectivity index (χ2v) is 4.74. The molecular weight excluding hydrogens is 269 g/mol. The van der Waals surface area contributed by atoms with Crippen molar-refractivity contribution >= 4 is 28.9 Å². The molecule has 3 N–H and O–H groups in total. The predicted molar refractivity (Wildman–Crippen MR) is 80.9 cm³/mol. The number of piperazine rings is 1. The Hall–Kier alpha value is -0.480. The highest BCUT2D eigenvalue weighted by Crippen LogP contribution is 2.19. The van der Waals surface area contributed by atoms with E-state index in [4.69, 9.17) is 23.2 Å². The van der Waals surface area contributed by atoms with E-state index in [9.17, 15) is 0 Å². The molecule has 1 saturated heterocycles. The second kappa shape index (κ2) is 10.4. The number of benzene rings is 1. The lowest BCUT2D eigenvalue weighted by Crippen LogP contribution is -2.39. The topological polar surface area (TPSA) is 36.1 Å². The first kappa shape index (κ1) is 15.6. The minimum absolute atomic E-state index is 0.194. The Kier molecular flexibility index (Phi) is 9.04. The molecule has 1 aromatic carbocycles. The molecule has 3 rings (SSSR count). The van der Waals surface area contributed by atoms with Crippen LogP contribution in [0.4, 0.5) is 5.69 Å². The molecule has 0 atom stereocenters. The number of halogens is 2. The smallest absolute Gasteiger partial charge is 0.0967 e. The average molecular weight is 290 g/mol. The molecule has 0 radical (unpaired) electrons. The Morgan fingerprint density at radius 3 is 1.94 bits per heavy atom. The molecule has 1 aromatic rings. The number of fused-ring (bicyclic) bond motifs is 1. The third kappa shape index (κ3) is 6.45. The predicted octanol–water partition coefficient (Wildman–Crippen LogP) is 2.26. The van der Waals surface area contributed by atoms with Gasteiger partial charge in [-0.1, -0.05) is 18.2 Å². The molecule has 1 fully saturated rings. The third-order valence-corrected chi connectivity index (χ3v) is 2.68. The van der Waals surface area contributed by atoms with E-state index in [-0.39, 0.29) is 5.34 Å². The molecule has 2 aliphatic rings. The van der Waals surface area contributed by atoms with Gasteiger partial charge in [0.15, 0.2) is 0 Å². The van der Waals surface area contributed by atoms with Crippen LogP contribution >= 0.6 is 23.2 Å². The van der Waals surface area contributed by atoms with Crippen molar-refractivity contribution in [1.82, 2.24) is 10.6 Å². The van der Waals surface area contributed by atoms with E-state index in [2.05, 4.69) is 40.2 Å². The Morgan fingerprint density at radius 1 is 0.889 bits per heavy atom. The minimum atomic E-state index is 0.194. The monoisotopic (exact) mass is 289 g/mol. The summed E-state index contributed by atoms with van der Waals surface area (Å²) in [7, 11) is 0. The first-order chi connectivity index (χ1) is 8.88. The molecule has 18 heavy (non-hydrogen) atoms. The summed E-state index contributed by atoms with van der Waals surface area (Å²) < 4.78 is 0. The summed E-state index contributed by atoms with van der Waals surface area (Å²) in [6.07, 6.45) is 1.19. The molecule has 2 aliphatic heterocycles. The molecule has 0 aromatic heterocycles. The second-order valence-electron chi connectivity index (χ2n) is 3.93. The first-order valence-electron chi connectivity index (χ1n) is 6.23. The number of hydrogen-bond acceptors (Lipinski definition) is 3. The number of hydrogen-bond donors (Lipinski definition) is 3. The Bertz CT molecular complexity index is 282. The van der Waals surface area contributed by atoms with Gasteiger partial charge in [-0.3, -0.25) is 0 Å². The van der Waals surface area contributed by atoms with Crippen molar-refractivity contribution in [3.8, 4) is 0 Å². The number of para-hydroxylation sites is 1. The Balaban J connectivity index is 0.000000157. The van der Waals surface area contributed by atoms with Crippen LogP contribution in [-0.2, 0) is 6.42 Å². The van der Waals surface area contributed by atoms with Gasteiger partial charge in [0, 0.05) is 38.4 Å². The van der Waals surface area contributed by atoms with Gasteiger partial charge < -0.3 is 16.0 Å². The highest BCUT2D eigenvalue weighted by molar-refractivity contribution is 6.40. The zero-order chi connectivity index (χ0) is 13.1. The maximum absolute atomic E-state index is 4.76. The van der Waals surface area contributed by atoms with E-state index in [1.807, 2.05) is 0 Å². The molecule has 2 heterocycles. The fourth-order valence-electron chi connectivity index (χ4n) is 1.85. The number of rotatable bonds is 0. The van der Waals surface area contributed by atoms with Crippen LogP contribution in [0.15, 0.2) is 24.3 Å². The molecule has 0 saturated carbocycles. The third-order valence-electron chi connectivity index (χ3n) is 2.68. The fourth-order valence-corrected chi connectivity index (χ4v) is 1.85. The Labute approximate surface area is 119 Å². The van der Waals surface area contributed by atoms with Crippen molar-refractivity contribution in [3.63, 3.8) is 0 Å². The van der Waals surface area contributed by atoms with Crippen LogP contribution in [0.5, 0.6) is 0 Å². The number of nitrogens with one attached hydrogen (secondary N) is 3. The summed E-state index contributed by atoms with van der Waals surface area (Å²) in [4.78, 5) is 0. The lowest BCUT2D eigenvalue weighted by atomic mass is 10.2. The molecule has 0 spiro atoms. The van der Waals surface area contributed by atoms with Gasteiger partial charge in [-0.25, -0.2) is 0 Å². The van der Waals surface area contributed by atoms with Crippen LogP contribution in [0.2, 0.25) is 0 Å². The molecule has 3 nitrogen and oxygen atoms in total. The van der Waals surface area contributed by atoms with E-state index in [0.29, 0.717) is 0 Å². The van der Waals surface area contributed by atoms with E-state index in [1.54, 1.807) is 0 Å². The summed E-state index contributed by atoms with van der Waals surface area (Å²) in [5.74, 6) is 0. The molecule has 102 valence electrons. The maximum atomic E-state index is 4.76. The van der Waals surface area contributed by atoms with Crippen molar-refractivity contribution < 1.29 is 0 Å². The fraction of sp³-hybridized carbons (Fsp3) is 0.538. The summed E-state index contributed by atoms with van der Waals surface area (Å²) >= 11 is 9.53. The standard InChI is InChI=1S/C8H9N.C4H10N2.CH2Cl2/c1-2-4-8-7(3-1)5-6-9-8;1-2-6-4-3-5-1;2-1-3/h1-4,9H,5-6H2;5-6H,1-4H2;1H2. The van der Waals surface area contributed by atoms with Crippen molar-refractivity contribution in [2.45, 2.75) is 6.42 Å². The SMILES string of the molecule is C1CNCCN1.ClCCl.c1ccc2c(c1)CCN2. The molecule has 0 unspecified atom stereocenters. The van der Waals surface area contributed by atoms with Gasteiger partial charge in [-0.05, 0) is 18.1 Å². The summed E-state index contributed by atoms with van der Waals surface area (Å²) in [6.45, 7) is 5.67. The van der Waals surface area contributed by atoms with Gasteiger partial charge in [0.1, 0.15) is 0 Å². The van der Waals surface area contributed by atoms with Crippen LogP contribution in [0.3, 0.4) is 0 Å².